The number of hydrogen-bond acceptors (Lipinski definition) is 7. The van der Waals surface area contributed by atoms with Gasteiger partial charge in [0.15, 0.2) is 0 Å². The van der Waals surface area contributed by atoms with Crippen molar-refractivity contribution in [3.05, 3.63) is 86.9 Å². The molecular weight excluding hydrogens is 534 g/mol. The van der Waals surface area contributed by atoms with Gasteiger partial charge in [0.05, 0.1) is 35.3 Å². The predicted molar refractivity (Wildman–Crippen MR) is 145 cm³/mol. The van der Waals surface area contributed by atoms with E-state index in [-0.39, 0.29) is 27.0 Å². The van der Waals surface area contributed by atoms with E-state index in [9.17, 15) is 23.3 Å². The summed E-state index contributed by atoms with van der Waals surface area (Å²) in [5, 5.41) is 14.5. The summed E-state index contributed by atoms with van der Waals surface area (Å²) >= 11 is 6.16. The number of aryl methyl sites for hydroxylation is 1. The van der Waals surface area contributed by atoms with Gasteiger partial charge in [-0.05, 0) is 62.7 Å². The van der Waals surface area contributed by atoms with Gasteiger partial charge in [-0.25, -0.2) is 8.42 Å². The Labute approximate surface area is 226 Å². The number of hydrogen-bond donors (Lipinski definition) is 1. The first-order chi connectivity index (χ1) is 18.0. The van der Waals surface area contributed by atoms with Crippen molar-refractivity contribution in [3.8, 4) is 11.5 Å². The van der Waals surface area contributed by atoms with E-state index in [1.165, 1.54) is 44.4 Å². The second-order valence-corrected chi connectivity index (χ2v) is 10.6. The summed E-state index contributed by atoms with van der Waals surface area (Å²) in [5.74, 6) is 0.220. The number of carbonyl (C=O) groups excluding carboxylic acids is 1. The minimum Gasteiger partial charge on any atom is -0.495 e. The maximum Gasteiger partial charge on any atom is 0.273 e. The molecular formula is C26H28ClN3O7S. The van der Waals surface area contributed by atoms with Gasteiger partial charge in [0, 0.05) is 16.7 Å². The van der Waals surface area contributed by atoms with Gasteiger partial charge in [-0.2, -0.15) is 0 Å². The molecule has 0 aliphatic rings. The second kappa shape index (κ2) is 12.1. The molecule has 0 radical (unpaired) electrons. The number of carbonyl (C=O) groups is 1. The fourth-order valence-corrected chi connectivity index (χ4v) is 5.36. The molecule has 0 saturated heterocycles. The molecule has 1 atom stereocenters. The van der Waals surface area contributed by atoms with Gasteiger partial charge in [0.2, 0.25) is 5.91 Å². The van der Waals surface area contributed by atoms with Crippen LogP contribution in [0.1, 0.15) is 31.0 Å². The molecule has 3 aromatic carbocycles. The highest BCUT2D eigenvalue weighted by Crippen LogP contribution is 2.35. The zero-order chi connectivity index (χ0) is 28.0. The third-order valence-electron chi connectivity index (χ3n) is 5.73. The average molecular weight is 562 g/mol. The Morgan fingerprint density at radius 1 is 1.13 bits per heavy atom. The molecule has 1 N–H and O–H groups in total. The third kappa shape index (κ3) is 6.53. The molecule has 1 amide bonds. The molecule has 0 aromatic heterocycles. The van der Waals surface area contributed by atoms with E-state index < -0.39 is 33.4 Å². The van der Waals surface area contributed by atoms with E-state index >= 15 is 0 Å². The van der Waals surface area contributed by atoms with Crippen LogP contribution in [-0.2, 0) is 14.8 Å². The van der Waals surface area contributed by atoms with Crippen LogP contribution in [0.3, 0.4) is 0 Å². The summed E-state index contributed by atoms with van der Waals surface area (Å²) in [6, 6.07) is 14.6. The highest BCUT2D eigenvalue weighted by Gasteiger charge is 2.31. The zero-order valence-electron chi connectivity index (χ0n) is 21.3. The number of nitrogens with zero attached hydrogens (tertiary/aromatic N) is 2. The average Bonchev–Trinajstić information content (AvgIpc) is 2.87. The Balaban J connectivity index is 1.99. The molecule has 0 saturated carbocycles. The molecule has 0 heterocycles. The molecule has 0 bridgehead atoms. The maximum atomic E-state index is 13.8. The van der Waals surface area contributed by atoms with E-state index in [2.05, 4.69) is 5.32 Å². The van der Waals surface area contributed by atoms with Crippen molar-refractivity contribution in [2.75, 3.05) is 24.6 Å². The lowest BCUT2D eigenvalue weighted by atomic mass is 10.1. The molecule has 3 rings (SSSR count). The van der Waals surface area contributed by atoms with Gasteiger partial charge >= 0.3 is 0 Å². The number of anilines is 1. The minimum absolute atomic E-state index is 0.00657. The van der Waals surface area contributed by atoms with Crippen LogP contribution in [-0.4, -0.2) is 39.5 Å². The van der Waals surface area contributed by atoms with Gasteiger partial charge < -0.3 is 14.8 Å². The van der Waals surface area contributed by atoms with E-state index in [0.29, 0.717) is 17.9 Å². The zero-order valence-corrected chi connectivity index (χ0v) is 22.9. The molecule has 0 aliphatic heterocycles. The summed E-state index contributed by atoms with van der Waals surface area (Å²) in [6.07, 6.45) is 0. The molecule has 10 nitrogen and oxygen atoms in total. The monoisotopic (exact) mass is 561 g/mol. The van der Waals surface area contributed by atoms with Crippen LogP contribution < -0.4 is 19.1 Å². The number of nitro benzene ring substituents is 1. The third-order valence-corrected chi connectivity index (χ3v) is 7.72. The van der Waals surface area contributed by atoms with Crippen LogP contribution in [0.4, 0.5) is 11.4 Å². The fraction of sp³-hybridized carbons (Fsp3) is 0.269. The van der Waals surface area contributed by atoms with E-state index in [4.69, 9.17) is 21.1 Å². The number of sulfonamides is 1. The number of methoxy groups -OCH3 is 1. The van der Waals surface area contributed by atoms with Crippen molar-refractivity contribution >= 4 is 38.9 Å². The van der Waals surface area contributed by atoms with Crippen LogP contribution in [0.15, 0.2) is 65.6 Å². The number of amides is 1. The summed E-state index contributed by atoms with van der Waals surface area (Å²) in [5.41, 5.74) is 0.721. The Kier molecular flexibility index (Phi) is 9.18. The van der Waals surface area contributed by atoms with Crippen molar-refractivity contribution < 1.29 is 27.6 Å². The molecule has 38 heavy (non-hydrogen) atoms. The molecule has 0 spiro atoms. The lowest BCUT2D eigenvalue weighted by Gasteiger charge is -2.26. The smallest absolute Gasteiger partial charge is 0.273 e. The molecule has 3 aromatic rings. The minimum atomic E-state index is -4.47. The first-order valence-corrected chi connectivity index (χ1v) is 13.4. The Bertz CT molecular complexity index is 1430. The van der Waals surface area contributed by atoms with Crippen molar-refractivity contribution in [2.45, 2.75) is 31.7 Å². The summed E-state index contributed by atoms with van der Waals surface area (Å²) in [4.78, 5) is 23.6. The summed E-state index contributed by atoms with van der Waals surface area (Å²) in [7, 11) is -3.12. The maximum absolute atomic E-state index is 13.8. The summed E-state index contributed by atoms with van der Waals surface area (Å²) in [6.45, 7) is 5.02. The number of halogens is 1. The first kappa shape index (κ1) is 28.7. The van der Waals surface area contributed by atoms with Gasteiger partial charge in [-0.15, -0.1) is 0 Å². The largest absolute Gasteiger partial charge is 0.495 e. The molecule has 0 fully saturated rings. The van der Waals surface area contributed by atoms with Crippen LogP contribution in [0.25, 0.3) is 0 Å². The SMILES string of the molecule is CCOc1ccc([C@H](C)NC(=O)CN(c2cc(Cl)ccc2OC)S(=O)(=O)c2ccc(C)c([N+](=O)[O-])c2)cc1. The fourth-order valence-electron chi connectivity index (χ4n) is 3.75. The second-order valence-electron chi connectivity index (χ2n) is 8.32. The molecule has 12 heteroatoms. The normalized spacial score (nSPS) is 11.9. The van der Waals surface area contributed by atoms with E-state index in [1.54, 1.807) is 31.2 Å². The number of nitro groups is 1. The topological polar surface area (TPSA) is 128 Å². The standard InChI is InChI=1S/C26H28ClN3O7S/c1-5-37-21-10-7-19(8-11-21)18(3)28-26(31)16-29(24-14-20(27)9-13-25(24)36-4)38(34,35)22-12-6-17(2)23(15-22)30(32)33/h6-15,18H,5,16H2,1-4H3,(H,28,31)/t18-/m0/s1. The van der Waals surface area contributed by atoms with Crippen LogP contribution in [0, 0.1) is 17.0 Å². The number of ether oxygens (including phenoxy) is 2. The van der Waals surface area contributed by atoms with Gasteiger partial charge in [-0.1, -0.05) is 29.8 Å². The van der Waals surface area contributed by atoms with Crippen molar-refractivity contribution in [2.24, 2.45) is 0 Å². The first-order valence-electron chi connectivity index (χ1n) is 11.6. The summed E-state index contributed by atoms with van der Waals surface area (Å²) < 4.78 is 39.2. The van der Waals surface area contributed by atoms with Crippen molar-refractivity contribution in [3.63, 3.8) is 0 Å². The Hall–Kier alpha value is -3.83. The van der Waals surface area contributed by atoms with E-state index in [1.807, 2.05) is 6.92 Å². The number of benzene rings is 3. The van der Waals surface area contributed by atoms with E-state index in [0.717, 1.165) is 15.9 Å². The van der Waals surface area contributed by atoms with Gasteiger partial charge in [-0.3, -0.25) is 19.2 Å². The Morgan fingerprint density at radius 2 is 1.82 bits per heavy atom. The highest BCUT2D eigenvalue weighted by molar-refractivity contribution is 7.92. The lowest BCUT2D eigenvalue weighted by Crippen LogP contribution is -2.41. The predicted octanol–water partition coefficient (Wildman–Crippen LogP) is 5.04. The van der Waals surface area contributed by atoms with Crippen LogP contribution >= 0.6 is 11.6 Å². The van der Waals surface area contributed by atoms with Crippen molar-refractivity contribution in [1.29, 1.82) is 0 Å². The molecule has 202 valence electrons. The molecule has 0 unspecified atom stereocenters. The molecule has 0 aliphatic carbocycles. The van der Waals surface area contributed by atoms with Gasteiger partial charge in [0.25, 0.3) is 15.7 Å². The number of nitrogens with one attached hydrogen (secondary N) is 1. The lowest BCUT2D eigenvalue weighted by molar-refractivity contribution is -0.385. The highest BCUT2D eigenvalue weighted by atomic mass is 35.5. The van der Waals surface area contributed by atoms with Crippen LogP contribution in [0.5, 0.6) is 11.5 Å². The quantitative estimate of drug-likeness (QED) is 0.256. The Morgan fingerprint density at radius 3 is 2.42 bits per heavy atom. The number of rotatable bonds is 11. The van der Waals surface area contributed by atoms with Gasteiger partial charge in [0.1, 0.15) is 18.0 Å². The van der Waals surface area contributed by atoms with Crippen LogP contribution in [0.2, 0.25) is 5.02 Å². The van der Waals surface area contributed by atoms with Crippen molar-refractivity contribution in [1.82, 2.24) is 5.32 Å².